The molecule has 0 bridgehead atoms. The monoisotopic (exact) mass is 541 g/mol. The smallest absolute Gasteiger partial charge is 0.410 e. The first kappa shape index (κ1) is 29.9. The molecule has 0 aliphatic carbocycles. The number of amides is 2. The molecular weight excluding hydrogens is 502 g/mol. The highest BCUT2D eigenvalue weighted by Crippen LogP contribution is 2.23. The fraction of sp³-hybridized carbons (Fsp3) is 0.464. The lowest BCUT2D eigenvalue weighted by Gasteiger charge is -2.26. The molecule has 11 nitrogen and oxygen atoms in total. The Balaban J connectivity index is 1.58. The third-order valence-corrected chi connectivity index (χ3v) is 5.30. The molecule has 2 aromatic carbocycles. The van der Waals surface area contributed by atoms with E-state index < -0.39 is 41.8 Å². The van der Waals surface area contributed by atoms with Gasteiger partial charge in [0, 0.05) is 12.6 Å². The van der Waals surface area contributed by atoms with Crippen molar-refractivity contribution in [3.63, 3.8) is 0 Å². The molecule has 3 aromatic rings. The highest BCUT2D eigenvalue weighted by atomic mass is 16.6. The zero-order chi connectivity index (χ0) is 28.8. The van der Waals surface area contributed by atoms with Crippen LogP contribution < -0.4 is 21.7 Å². The van der Waals surface area contributed by atoms with E-state index in [9.17, 15) is 14.7 Å². The van der Waals surface area contributed by atoms with Crippen LogP contribution in [-0.2, 0) is 22.4 Å². The predicted molar refractivity (Wildman–Crippen MR) is 146 cm³/mol. The summed E-state index contributed by atoms with van der Waals surface area (Å²) < 4.78 is 16.2. The Morgan fingerprint density at radius 2 is 1.46 bits per heavy atom. The van der Waals surface area contributed by atoms with Gasteiger partial charge in [-0.15, -0.1) is 0 Å². The predicted octanol–water partition coefficient (Wildman–Crippen LogP) is 3.85. The van der Waals surface area contributed by atoms with E-state index >= 15 is 0 Å². The van der Waals surface area contributed by atoms with Crippen LogP contribution in [-0.4, -0.2) is 45.8 Å². The molecule has 2 atom stereocenters. The van der Waals surface area contributed by atoms with Crippen molar-refractivity contribution in [3.8, 4) is 0 Å². The number of nitrogens with zero attached hydrogens (tertiary/aromatic N) is 1. The number of aliphatic hydroxyl groups excluding tert-OH is 1. The van der Waals surface area contributed by atoms with E-state index in [4.69, 9.17) is 19.6 Å². The van der Waals surface area contributed by atoms with Gasteiger partial charge in [0.25, 0.3) is 0 Å². The van der Waals surface area contributed by atoms with Crippen molar-refractivity contribution in [1.82, 2.24) is 20.9 Å². The Hall–Kier alpha value is -3.67. The first-order chi connectivity index (χ1) is 18.2. The van der Waals surface area contributed by atoms with Gasteiger partial charge in [0.05, 0.1) is 0 Å². The molecule has 39 heavy (non-hydrogen) atoms. The first-order valence-electron chi connectivity index (χ1n) is 12.8. The number of benzene rings is 2. The van der Waals surface area contributed by atoms with E-state index in [0.717, 1.165) is 11.1 Å². The minimum atomic E-state index is -1.06. The zero-order valence-corrected chi connectivity index (χ0v) is 23.3. The Labute approximate surface area is 228 Å². The second-order valence-corrected chi connectivity index (χ2v) is 11.3. The number of para-hydroxylation sites is 2. The van der Waals surface area contributed by atoms with E-state index in [2.05, 4.69) is 20.9 Å². The van der Waals surface area contributed by atoms with E-state index in [1.165, 1.54) is 0 Å². The summed E-state index contributed by atoms with van der Waals surface area (Å²) in [5.41, 5.74) is 7.90. The minimum Gasteiger partial charge on any atom is -0.444 e. The summed E-state index contributed by atoms with van der Waals surface area (Å²) in [4.78, 5) is 28.9. The molecular formula is C28H39N5O6. The number of ether oxygens (including phenoxy) is 2. The van der Waals surface area contributed by atoms with Gasteiger partial charge in [-0.2, -0.15) is 0 Å². The number of aromatic nitrogens is 1. The van der Waals surface area contributed by atoms with Crippen molar-refractivity contribution in [2.75, 3.05) is 0 Å². The average molecular weight is 542 g/mol. The summed E-state index contributed by atoms with van der Waals surface area (Å²) in [6.45, 7) is 10.8. The lowest BCUT2D eigenvalue weighted by Crippen LogP contribution is -2.57. The van der Waals surface area contributed by atoms with Gasteiger partial charge in [0.1, 0.15) is 22.8 Å². The van der Waals surface area contributed by atoms with Crippen LogP contribution in [0.3, 0.4) is 0 Å². The number of alkyl carbamates (subject to hydrolysis) is 2. The van der Waals surface area contributed by atoms with E-state index in [0.29, 0.717) is 24.1 Å². The number of hydrogen-bond donors (Lipinski definition) is 5. The number of nitrogens with two attached hydrogens (primary N) is 1. The number of carbonyl (C=O) groups excluding carboxylic acids is 2. The van der Waals surface area contributed by atoms with Crippen molar-refractivity contribution in [3.05, 3.63) is 65.5 Å². The van der Waals surface area contributed by atoms with Crippen molar-refractivity contribution in [2.24, 2.45) is 5.73 Å². The number of oxazole rings is 1. The molecule has 3 rings (SSSR count). The largest absolute Gasteiger partial charge is 0.444 e. The Kier molecular flexibility index (Phi) is 9.54. The van der Waals surface area contributed by atoms with Crippen LogP contribution >= 0.6 is 0 Å². The maximum Gasteiger partial charge on any atom is 0.410 e. The molecule has 1 heterocycles. The summed E-state index contributed by atoms with van der Waals surface area (Å²) >= 11 is 0. The highest BCUT2D eigenvalue weighted by molar-refractivity contribution is 5.72. The maximum atomic E-state index is 12.3. The second-order valence-electron chi connectivity index (χ2n) is 11.3. The van der Waals surface area contributed by atoms with Crippen LogP contribution in [0.1, 0.15) is 64.7 Å². The average Bonchev–Trinajstić information content (AvgIpc) is 3.24. The minimum absolute atomic E-state index is 0.186. The van der Waals surface area contributed by atoms with Crippen LogP contribution in [0.5, 0.6) is 0 Å². The first-order valence-corrected chi connectivity index (χ1v) is 12.8. The lowest BCUT2D eigenvalue weighted by molar-refractivity contribution is 0.0405. The van der Waals surface area contributed by atoms with E-state index in [1.54, 1.807) is 47.6 Å². The van der Waals surface area contributed by atoms with Crippen LogP contribution in [0.25, 0.3) is 11.1 Å². The van der Waals surface area contributed by atoms with Crippen molar-refractivity contribution in [2.45, 2.75) is 84.1 Å². The number of carbonyl (C=O) groups is 2. The van der Waals surface area contributed by atoms with Crippen LogP contribution in [0, 0.1) is 0 Å². The number of fused-ring (bicyclic) bond motifs is 1. The fourth-order valence-corrected chi connectivity index (χ4v) is 3.59. The van der Waals surface area contributed by atoms with E-state index in [-0.39, 0.29) is 5.89 Å². The summed E-state index contributed by atoms with van der Waals surface area (Å²) in [5, 5.41) is 18.9. The molecule has 6 N–H and O–H groups in total. The van der Waals surface area contributed by atoms with Crippen molar-refractivity contribution < 1.29 is 28.6 Å². The zero-order valence-electron chi connectivity index (χ0n) is 23.3. The second kappa shape index (κ2) is 12.5. The molecule has 0 spiro atoms. The molecule has 11 heteroatoms. The van der Waals surface area contributed by atoms with Gasteiger partial charge in [-0.1, -0.05) is 36.4 Å². The Bertz CT molecular complexity index is 1180. The molecule has 0 radical (unpaired) electrons. The van der Waals surface area contributed by atoms with Gasteiger partial charge >= 0.3 is 12.2 Å². The van der Waals surface area contributed by atoms with Crippen molar-refractivity contribution >= 4 is 23.3 Å². The van der Waals surface area contributed by atoms with Crippen LogP contribution in [0.2, 0.25) is 0 Å². The van der Waals surface area contributed by atoms with Gasteiger partial charge < -0.3 is 24.7 Å². The normalized spacial score (nSPS) is 13.7. The molecule has 0 fully saturated rings. The quantitative estimate of drug-likeness (QED) is 0.253. The standard InChI is InChI=1S/C28H39N5O6/c1-27(2,3)38-25(35)32-24(33-26(36)39-28(4,5)6)30-16-18-13-11-17(12-14-18)15-19(29)22(34)23-31-20-9-7-8-10-21(20)37-23/h7-14,19,22,24,30,34H,15-16,29H2,1-6H3,(H,32,35)(H,33,36)/t19-,22?/m0/s1. The number of aliphatic hydroxyl groups is 1. The SMILES string of the molecule is CC(C)(C)OC(=O)NC(NCc1ccc(C[C@H](N)C(O)c2nc3ccccc3o2)cc1)NC(=O)OC(C)(C)C. The molecule has 1 unspecified atom stereocenters. The molecule has 0 saturated heterocycles. The maximum absolute atomic E-state index is 12.3. The Morgan fingerprint density at radius 1 is 0.923 bits per heavy atom. The van der Waals surface area contributed by atoms with Crippen molar-refractivity contribution in [1.29, 1.82) is 0 Å². The molecule has 1 aromatic heterocycles. The number of nitrogens with one attached hydrogen (secondary N) is 3. The topological polar surface area (TPSA) is 161 Å². The van der Waals surface area contributed by atoms with Crippen LogP contribution in [0.15, 0.2) is 52.9 Å². The third kappa shape index (κ3) is 9.86. The van der Waals surface area contributed by atoms with Crippen LogP contribution in [0.4, 0.5) is 9.59 Å². The van der Waals surface area contributed by atoms with Gasteiger partial charge in [0.2, 0.25) is 5.89 Å². The third-order valence-electron chi connectivity index (χ3n) is 5.30. The fourth-order valence-electron chi connectivity index (χ4n) is 3.59. The van der Waals surface area contributed by atoms with Gasteiger partial charge in [-0.05, 0) is 71.2 Å². The summed E-state index contributed by atoms with van der Waals surface area (Å²) in [6.07, 6.45) is -3.00. The molecule has 2 amide bonds. The molecule has 0 aliphatic heterocycles. The summed E-state index contributed by atoms with van der Waals surface area (Å²) in [7, 11) is 0. The number of hydrogen-bond acceptors (Lipinski definition) is 9. The highest BCUT2D eigenvalue weighted by Gasteiger charge is 2.24. The molecule has 0 aliphatic rings. The summed E-state index contributed by atoms with van der Waals surface area (Å²) in [6, 6.07) is 14.2. The number of rotatable bonds is 9. The van der Waals surface area contributed by atoms with Gasteiger partial charge in [-0.3, -0.25) is 16.0 Å². The van der Waals surface area contributed by atoms with Gasteiger partial charge in [0.15, 0.2) is 11.9 Å². The van der Waals surface area contributed by atoms with E-state index in [1.807, 2.05) is 42.5 Å². The Morgan fingerprint density at radius 3 is 2.00 bits per heavy atom. The van der Waals surface area contributed by atoms with Gasteiger partial charge in [-0.25, -0.2) is 14.6 Å². The molecule has 212 valence electrons. The lowest BCUT2D eigenvalue weighted by atomic mass is 10.0. The molecule has 0 saturated carbocycles. The summed E-state index contributed by atoms with van der Waals surface area (Å²) in [5.74, 6) is 0.186.